The third-order valence-electron chi connectivity index (χ3n) is 8.62. The molecule has 0 saturated carbocycles. The Labute approximate surface area is 270 Å². The number of ether oxygens (including phenoxy) is 3. The molecule has 45 heavy (non-hydrogen) atoms. The van der Waals surface area contributed by atoms with E-state index < -0.39 is 13.7 Å². The van der Waals surface area contributed by atoms with Crippen molar-refractivity contribution in [3.63, 3.8) is 0 Å². The highest BCUT2D eigenvalue weighted by atomic mass is 28.3. The zero-order valence-electron chi connectivity index (χ0n) is 28.7. The second kappa shape index (κ2) is 15.1. The maximum absolute atomic E-state index is 12.8. The standard InChI is InChI=1S/C33H55N7O4Si/c1-8-9-17-43-31-36-28-26(27(20-34)39(29(28)30(35)37-31)23-42-18-19-45(5,6)7)13-11-10-12-16-38-21-24-14-15-25(22-38)40(24)32(41)44-33(2,3)4/h24-25H,8-19,21-23H2,1-7H3,(H2,35,36,37). The van der Waals surface area contributed by atoms with Gasteiger partial charge in [0.2, 0.25) is 0 Å². The molecule has 2 saturated heterocycles. The van der Waals surface area contributed by atoms with Crippen molar-refractivity contribution in [3.8, 4) is 12.1 Å². The van der Waals surface area contributed by atoms with E-state index >= 15 is 0 Å². The number of hydrogen-bond donors (Lipinski definition) is 1. The molecule has 2 fully saturated rings. The molecule has 2 N–H and O–H groups in total. The molecule has 2 aliphatic rings. The van der Waals surface area contributed by atoms with Crippen LogP contribution >= 0.6 is 0 Å². The number of piperazine rings is 1. The number of anilines is 1. The summed E-state index contributed by atoms with van der Waals surface area (Å²) in [4.78, 5) is 26.5. The molecule has 4 heterocycles. The molecule has 2 aromatic rings. The minimum absolute atomic E-state index is 0.174. The highest BCUT2D eigenvalue weighted by Gasteiger charge is 2.44. The predicted molar refractivity (Wildman–Crippen MR) is 180 cm³/mol. The average molecular weight is 642 g/mol. The smallest absolute Gasteiger partial charge is 0.410 e. The number of nitrogens with zero attached hydrogens (tertiary/aromatic N) is 6. The summed E-state index contributed by atoms with van der Waals surface area (Å²) in [6.45, 7) is 19.0. The van der Waals surface area contributed by atoms with Gasteiger partial charge in [0, 0.05) is 45.4 Å². The number of aromatic nitrogens is 3. The molecule has 11 nitrogen and oxygen atoms in total. The molecule has 4 rings (SSSR count). The van der Waals surface area contributed by atoms with Crippen LogP contribution in [0.5, 0.6) is 6.01 Å². The van der Waals surface area contributed by atoms with Gasteiger partial charge in [-0.3, -0.25) is 9.80 Å². The first-order chi connectivity index (χ1) is 21.3. The Morgan fingerprint density at radius 2 is 1.78 bits per heavy atom. The van der Waals surface area contributed by atoms with Gasteiger partial charge in [0.05, 0.1) is 6.61 Å². The Balaban J connectivity index is 1.39. The molecule has 2 bridgehead atoms. The molecule has 12 heteroatoms. The van der Waals surface area contributed by atoms with Crippen LogP contribution in [0, 0.1) is 11.3 Å². The summed E-state index contributed by atoms with van der Waals surface area (Å²) in [5, 5.41) is 10.3. The van der Waals surface area contributed by atoms with Gasteiger partial charge in [-0.2, -0.15) is 15.2 Å². The number of fused-ring (bicyclic) bond motifs is 3. The van der Waals surface area contributed by atoms with Gasteiger partial charge in [-0.05, 0) is 71.9 Å². The van der Waals surface area contributed by atoms with Gasteiger partial charge >= 0.3 is 12.1 Å². The molecule has 0 spiro atoms. The molecule has 0 aromatic carbocycles. The van der Waals surface area contributed by atoms with Crippen LogP contribution in [0.1, 0.15) is 83.9 Å². The van der Waals surface area contributed by atoms with Crippen LogP contribution in [0.3, 0.4) is 0 Å². The van der Waals surface area contributed by atoms with E-state index in [2.05, 4.69) is 42.5 Å². The summed E-state index contributed by atoms with van der Waals surface area (Å²) < 4.78 is 19.4. The van der Waals surface area contributed by atoms with E-state index in [0.717, 1.165) is 76.2 Å². The van der Waals surface area contributed by atoms with Crippen molar-refractivity contribution >= 4 is 31.0 Å². The van der Waals surface area contributed by atoms with Gasteiger partial charge in [0.15, 0.2) is 5.82 Å². The topological polar surface area (TPSA) is 132 Å². The molecule has 2 aliphatic heterocycles. The molecule has 1 amide bonds. The number of amides is 1. The Bertz CT molecular complexity index is 1330. The van der Waals surface area contributed by atoms with Crippen molar-refractivity contribution < 1.29 is 19.0 Å². The molecule has 250 valence electrons. The highest BCUT2D eigenvalue weighted by molar-refractivity contribution is 6.76. The van der Waals surface area contributed by atoms with Gasteiger partial charge in [0.1, 0.15) is 35.1 Å². The van der Waals surface area contributed by atoms with E-state index in [1.165, 1.54) is 0 Å². The Morgan fingerprint density at radius 3 is 2.40 bits per heavy atom. The second-order valence-corrected chi connectivity index (χ2v) is 20.5. The minimum atomic E-state index is -1.25. The SMILES string of the molecule is CCCCOc1nc(N)c2c(n1)c(CCCCCN1CC3CCC(C1)N3C(=O)OC(C)(C)C)c(C#N)n2COCC[Si](C)(C)C. The number of hydrogen-bond acceptors (Lipinski definition) is 9. The van der Waals surface area contributed by atoms with E-state index in [1.54, 1.807) is 0 Å². The van der Waals surface area contributed by atoms with Crippen molar-refractivity contribution in [2.45, 2.75) is 129 Å². The van der Waals surface area contributed by atoms with Crippen LogP contribution in [0.25, 0.3) is 11.0 Å². The van der Waals surface area contributed by atoms with Crippen LogP contribution in [-0.2, 0) is 22.6 Å². The largest absolute Gasteiger partial charge is 0.463 e. The lowest BCUT2D eigenvalue weighted by Crippen LogP contribution is -2.56. The summed E-state index contributed by atoms with van der Waals surface area (Å²) in [5.74, 6) is 0.309. The van der Waals surface area contributed by atoms with Gasteiger partial charge in [-0.1, -0.05) is 39.4 Å². The fourth-order valence-corrected chi connectivity index (χ4v) is 7.07. The van der Waals surface area contributed by atoms with Gasteiger partial charge < -0.3 is 24.5 Å². The number of aryl methyl sites for hydroxylation is 1. The lowest BCUT2D eigenvalue weighted by atomic mass is 10.1. The summed E-state index contributed by atoms with van der Waals surface area (Å²) in [6, 6.07) is 4.19. The second-order valence-electron chi connectivity index (χ2n) is 14.8. The van der Waals surface area contributed by atoms with Crippen molar-refractivity contribution in [2.75, 3.05) is 38.6 Å². The molecule has 0 radical (unpaired) electrons. The maximum atomic E-state index is 12.8. The number of rotatable bonds is 15. The van der Waals surface area contributed by atoms with E-state index in [1.807, 2.05) is 30.2 Å². The first-order valence-electron chi connectivity index (χ1n) is 16.8. The van der Waals surface area contributed by atoms with Crippen LogP contribution in [0.15, 0.2) is 0 Å². The Hall–Kier alpha value is -2.88. The van der Waals surface area contributed by atoms with E-state index in [9.17, 15) is 10.1 Å². The predicted octanol–water partition coefficient (Wildman–Crippen LogP) is 6.17. The zero-order valence-corrected chi connectivity index (χ0v) is 29.7. The number of carbonyl (C=O) groups is 1. The summed E-state index contributed by atoms with van der Waals surface area (Å²) in [7, 11) is -1.25. The van der Waals surface area contributed by atoms with E-state index in [-0.39, 0.29) is 30.9 Å². The number of likely N-dealkylation sites (tertiary alicyclic amines) is 1. The first-order valence-corrected chi connectivity index (χ1v) is 20.5. The highest BCUT2D eigenvalue weighted by Crippen LogP contribution is 2.33. The lowest BCUT2D eigenvalue weighted by Gasteiger charge is -2.41. The number of unbranched alkanes of at least 4 members (excludes halogenated alkanes) is 3. The molecule has 2 unspecified atom stereocenters. The maximum Gasteiger partial charge on any atom is 0.410 e. The van der Waals surface area contributed by atoms with Crippen molar-refractivity contribution in [1.29, 1.82) is 5.26 Å². The van der Waals surface area contributed by atoms with Crippen LogP contribution in [0.4, 0.5) is 10.6 Å². The summed E-state index contributed by atoms with van der Waals surface area (Å²) in [5.41, 5.74) is 8.76. The summed E-state index contributed by atoms with van der Waals surface area (Å²) >= 11 is 0. The quantitative estimate of drug-likeness (QED) is 0.179. The van der Waals surface area contributed by atoms with Crippen molar-refractivity contribution in [2.24, 2.45) is 0 Å². The van der Waals surface area contributed by atoms with Gasteiger partial charge in [-0.25, -0.2) is 4.79 Å². The van der Waals surface area contributed by atoms with Gasteiger partial charge in [-0.15, -0.1) is 0 Å². The number of carbonyl (C=O) groups excluding carboxylic acids is 1. The van der Waals surface area contributed by atoms with Crippen LogP contribution in [0.2, 0.25) is 25.7 Å². The third kappa shape index (κ3) is 9.33. The first kappa shape index (κ1) is 35.0. The average Bonchev–Trinajstić information content (AvgIpc) is 3.40. The fraction of sp³-hybridized carbons (Fsp3) is 0.758. The monoisotopic (exact) mass is 641 g/mol. The van der Waals surface area contributed by atoms with E-state index in [0.29, 0.717) is 42.2 Å². The Morgan fingerprint density at radius 1 is 1.07 bits per heavy atom. The third-order valence-corrected chi connectivity index (χ3v) is 10.3. The van der Waals surface area contributed by atoms with Crippen LogP contribution < -0.4 is 10.5 Å². The molecule has 2 atom stereocenters. The minimum Gasteiger partial charge on any atom is -0.463 e. The Kier molecular flexibility index (Phi) is 11.8. The fourth-order valence-electron chi connectivity index (χ4n) is 6.31. The molecule has 0 aliphatic carbocycles. The van der Waals surface area contributed by atoms with Gasteiger partial charge in [0.25, 0.3) is 0 Å². The zero-order chi connectivity index (χ0) is 32.8. The van der Waals surface area contributed by atoms with Crippen molar-refractivity contribution in [1.82, 2.24) is 24.3 Å². The number of nitrogen functional groups attached to an aromatic ring is 1. The summed E-state index contributed by atoms with van der Waals surface area (Å²) in [6.07, 6.45) is 7.52. The molecular weight excluding hydrogens is 586 g/mol. The van der Waals surface area contributed by atoms with E-state index in [4.69, 9.17) is 24.9 Å². The van der Waals surface area contributed by atoms with Crippen LogP contribution in [-0.4, -0.2) is 89.0 Å². The lowest BCUT2D eigenvalue weighted by molar-refractivity contribution is -0.00452. The van der Waals surface area contributed by atoms with Crippen molar-refractivity contribution in [3.05, 3.63) is 11.3 Å². The normalized spacial score (nSPS) is 18.8. The number of nitrogens with two attached hydrogens (primary N) is 1. The molecular formula is C33H55N7O4Si. The number of nitriles is 1. The molecule has 2 aromatic heterocycles.